The Labute approximate surface area is 118 Å². The molecule has 2 aromatic rings. The first-order chi connectivity index (χ1) is 9.16. The van der Waals surface area contributed by atoms with E-state index in [-0.39, 0.29) is 0 Å². The van der Waals surface area contributed by atoms with Crippen LogP contribution in [0.3, 0.4) is 0 Å². The smallest absolute Gasteiger partial charge is 0.204 e. The third-order valence-electron chi connectivity index (χ3n) is 2.73. The van der Waals surface area contributed by atoms with Crippen LogP contribution in [0.15, 0.2) is 27.4 Å². The Kier molecular flexibility index (Phi) is 5.05. The topological polar surface area (TPSA) is 51.2 Å². The highest BCUT2D eigenvalue weighted by atomic mass is 35.5. The number of aryl methyl sites for hydroxylation is 1. The van der Waals surface area contributed by atoms with Gasteiger partial charge in [0.05, 0.1) is 18.0 Å². The van der Waals surface area contributed by atoms with Crippen molar-refractivity contribution < 1.29 is 8.83 Å². The number of aromatic nitrogens is 1. The van der Waals surface area contributed by atoms with Gasteiger partial charge in [0.15, 0.2) is 11.7 Å². The minimum atomic E-state index is 0.335. The zero-order valence-corrected chi connectivity index (χ0v) is 12.0. The highest BCUT2D eigenvalue weighted by Crippen LogP contribution is 2.29. The maximum Gasteiger partial charge on any atom is 0.204 e. The molecule has 0 aromatic carbocycles. The van der Waals surface area contributed by atoms with Crippen LogP contribution >= 0.6 is 11.6 Å². The molecule has 0 radical (unpaired) electrons. The molecule has 2 aromatic heterocycles. The molecule has 5 heteroatoms. The van der Waals surface area contributed by atoms with Crippen molar-refractivity contribution in [3.05, 3.63) is 29.6 Å². The number of hydrogen-bond donors (Lipinski definition) is 1. The molecule has 0 unspecified atom stereocenters. The molecule has 4 nitrogen and oxygen atoms in total. The zero-order chi connectivity index (χ0) is 13.7. The van der Waals surface area contributed by atoms with Crippen molar-refractivity contribution in [2.75, 3.05) is 13.1 Å². The van der Waals surface area contributed by atoms with Crippen molar-refractivity contribution in [3.8, 4) is 11.3 Å². The standard InChI is InChI=1S/C14H19ClN2O2/c1-10(2)8-16-6-3-4-13-17-9-12(19-13)11-5-7-18-14(11)15/h5,7,9-10,16H,3-4,6,8H2,1-2H3. The van der Waals surface area contributed by atoms with Gasteiger partial charge in [-0.15, -0.1) is 0 Å². The van der Waals surface area contributed by atoms with E-state index in [4.69, 9.17) is 20.4 Å². The number of rotatable bonds is 7. The summed E-state index contributed by atoms with van der Waals surface area (Å²) < 4.78 is 10.7. The third kappa shape index (κ3) is 4.11. The molecule has 0 saturated carbocycles. The summed E-state index contributed by atoms with van der Waals surface area (Å²) in [6, 6.07) is 1.77. The van der Waals surface area contributed by atoms with Crippen molar-refractivity contribution in [1.82, 2.24) is 10.3 Å². The first kappa shape index (κ1) is 14.2. The second-order valence-corrected chi connectivity index (χ2v) is 5.27. The minimum Gasteiger partial charge on any atom is -0.452 e. The molecular formula is C14H19ClN2O2. The number of oxazole rings is 1. The van der Waals surface area contributed by atoms with Gasteiger partial charge in [-0.1, -0.05) is 13.8 Å². The van der Waals surface area contributed by atoms with E-state index < -0.39 is 0 Å². The number of furan rings is 1. The van der Waals surface area contributed by atoms with Crippen molar-refractivity contribution in [2.24, 2.45) is 5.92 Å². The van der Waals surface area contributed by atoms with Gasteiger partial charge in [0.25, 0.3) is 0 Å². The van der Waals surface area contributed by atoms with E-state index in [1.165, 1.54) is 6.26 Å². The summed E-state index contributed by atoms with van der Waals surface area (Å²) in [6.07, 6.45) is 5.05. The quantitative estimate of drug-likeness (QED) is 0.786. The van der Waals surface area contributed by atoms with Gasteiger partial charge in [-0.3, -0.25) is 0 Å². The van der Waals surface area contributed by atoms with E-state index in [0.29, 0.717) is 16.9 Å². The minimum absolute atomic E-state index is 0.335. The summed E-state index contributed by atoms with van der Waals surface area (Å²) in [6.45, 7) is 6.41. The van der Waals surface area contributed by atoms with Crippen LogP contribution in [0.5, 0.6) is 0 Å². The second-order valence-electron chi connectivity index (χ2n) is 4.93. The summed E-state index contributed by atoms with van der Waals surface area (Å²) in [5.74, 6) is 2.07. The first-order valence-electron chi connectivity index (χ1n) is 6.55. The summed E-state index contributed by atoms with van der Waals surface area (Å²) in [7, 11) is 0. The molecule has 0 bridgehead atoms. The Morgan fingerprint density at radius 2 is 2.26 bits per heavy atom. The summed E-state index contributed by atoms with van der Waals surface area (Å²) in [5.41, 5.74) is 0.748. The highest BCUT2D eigenvalue weighted by molar-refractivity contribution is 6.31. The Bertz CT molecular complexity index is 505. The molecule has 0 aliphatic carbocycles. The molecule has 2 heterocycles. The molecule has 104 valence electrons. The molecule has 1 N–H and O–H groups in total. The van der Waals surface area contributed by atoms with Crippen LogP contribution in [0.1, 0.15) is 26.2 Å². The van der Waals surface area contributed by atoms with Gasteiger partial charge in [-0.2, -0.15) is 0 Å². The average Bonchev–Trinajstić information content (AvgIpc) is 2.97. The second kappa shape index (κ2) is 6.78. The first-order valence-corrected chi connectivity index (χ1v) is 6.93. The fourth-order valence-corrected chi connectivity index (χ4v) is 1.98. The summed E-state index contributed by atoms with van der Waals surface area (Å²) in [4.78, 5) is 4.25. The van der Waals surface area contributed by atoms with Crippen LogP contribution in [-0.2, 0) is 6.42 Å². The average molecular weight is 283 g/mol. The van der Waals surface area contributed by atoms with E-state index in [2.05, 4.69) is 24.1 Å². The number of hydrogen-bond acceptors (Lipinski definition) is 4. The lowest BCUT2D eigenvalue weighted by atomic mass is 10.2. The predicted molar refractivity (Wildman–Crippen MR) is 75.2 cm³/mol. The van der Waals surface area contributed by atoms with Gasteiger partial charge in [0, 0.05) is 6.42 Å². The molecule has 0 aliphatic heterocycles. The van der Waals surface area contributed by atoms with Gasteiger partial charge in [0.1, 0.15) is 0 Å². The normalized spacial score (nSPS) is 11.4. The zero-order valence-electron chi connectivity index (χ0n) is 11.3. The lowest BCUT2D eigenvalue weighted by Crippen LogP contribution is -2.21. The van der Waals surface area contributed by atoms with Gasteiger partial charge in [-0.25, -0.2) is 4.98 Å². The largest absolute Gasteiger partial charge is 0.452 e. The van der Waals surface area contributed by atoms with E-state index in [0.717, 1.165) is 37.4 Å². The molecule has 0 amide bonds. The van der Waals surface area contributed by atoms with Gasteiger partial charge in [0.2, 0.25) is 5.22 Å². The molecule has 0 spiro atoms. The van der Waals surface area contributed by atoms with E-state index in [1.54, 1.807) is 12.3 Å². The fraction of sp³-hybridized carbons (Fsp3) is 0.500. The van der Waals surface area contributed by atoms with Crippen LogP contribution in [0.2, 0.25) is 5.22 Å². The van der Waals surface area contributed by atoms with Crippen molar-refractivity contribution >= 4 is 11.6 Å². The van der Waals surface area contributed by atoms with Crippen LogP contribution in [-0.4, -0.2) is 18.1 Å². The van der Waals surface area contributed by atoms with Gasteiger partial charge < -0.3 is 14.2 Å². The molecule has 0 atom stereocenters. The summed E-state index contributed by atoms with van der Waals surface area (Å²) >= 11 is 5.89. The number of halogens is 1. The molecule has 0 saturated heterocycles. The SMILES string of the molecule is CC(C)CNCCCc1ncc(-c2ccoc2Cl)o1. The van der Waals surface area contributed by atoms with E-state index >= 15 is 0 Å². The Balaban J connectivity index is 1.80. The Morgan fingerprint density at radius 3 is 2.95 bits per heavy atom. The fourth-order valence-electron chi connectivity index (χ4n) is 1.78. The summed E-state index contributed by atoms with van der Waals surface area (Å²) in [5, 5.41) is 3.73. The number of nitrogens with zero attached hydrogens (tertiary/aromatic N) is 1. The maximum absolute atomic E-state index is 5.89. The highest BCUT2D eigenvalue weighted by Gasteiger charge is 2.11. The van der Waals surface area contributed by atoms with Crippen LogP contribution < -0.4 is 5.32 Å². The van der Waals surface area contributed by atoms with Crippen LogP contribution in [0.25, 0.3) is 11.3 Å². The third-order valence-corrected chi connectivity index (χ3v) is 3.03. The lowest BCUT2D eigenvalue weighted by Gasteiger charge is -2.05. The maximum atomic E-state index is 5.89. The molecule has 2 rings (SSSR count). The van der Waals surface area contributed by atoms with E-state index in [9.17, 15) is 0 Å². The Morgan fingerprint density at radius 1 is 1.42 bits per heavy atom. The van der Waals surface area contributed by atoms with Gasteiger partial charge in [-0.05, 0) is 43.1 Å². The van der Waals surface area contributed by atoms with Crippen LogP contribution in [0.4, 0.5) is 0 Å². The Hall–Kier alpha value is -1.26. The van der Waals surface area contributed by atoms with Crippen molar-refractivity contribution in [1.29, 1.82) is 0 Å². The molecule has 19 heavy (non-hydrogen) atoms. The predicted octanol–water partition coefficient (Wildman–Crippen LogP) is 3.77. The lowest BCUT2D eigenvalue weighted by molar-refractivity contribution is 0.482. The number of nitrogens with one attached hydrogen (secondary N) is 1. The van der Waals surface area contributed by atoms with Gasteiger partial charge >= 0.3 is 0 Å². The van der Waals surface area contributed by atoms with Crippen molar-refractivity contribution in [3.63, 3.8) is 0 Å². The van der Waals surface area contributed by atoms with E-state index in [1.807, 2.05) is 0 Å². The molecular weight excluding hydrogens is 264 g/mol. The monoisotopic (exact) mass is 282 g/mol. The van der Waals surface area contributed by atoms with Crippen molar-refractivity contribution in [2.45, 2.75) is 26.7 Å². The molecule has 0 aliphatic rings. The molecule has 0 fully saturated rings. The van der Waals surface area contributed by atoms with Crippen LogP contribution in [0, 0.1) is 5.92 Å².